The number of thiazole rings is 1. The molecule has 6 nitrogen and oxygen atoms in total. The summed E-state index contributed by atoms with van der Waals surface area (Å²) >= 11 is 3.23. The molecule has 0 spiro atoms. The molecule has 8 heteroatoms. The van der Waals surface area contributed by atoms with Gasteiger partial charge in [-0.2, -0.15) is 0 Å². The van der Waals surface area contributed by atoms with E-state index in [1.54, 1.807) is 27.1 Å². The lowest BCUT2D eigenvalue weighted by atomic mass is 10.0. The summed E-state index contributed by atoms with van der Waals surface area (Å²) in [6.45, 7) is 1.07. The number of thioether (sulfide) groups is 1. The van der Waals surface area contributed by atoms with Crippen LogP contribution in [0.3, 0.4) is 0 Å². The molecule has 0 aliphatic carbocycles. The molecular formula is C33H33N3O3S2. The van der Waals surface area contributed by atoms with Crippen molar-refractivity contribution in [1.82, 2.24) is 14.8 Å². The van der Waals surface area contributed by atoms with Crippen LogP contribution in [0.2, 0.25) is 0 Å². The van der Waals surface area contributed by atoms with Gasteiger partial charge in [-0.25, -0.2) is 4.98 Å². The average molecular weight is 584 g/mol. The van der Waals surface area contributed by atoms with Crippen LogP contribution in [0.1, 0.15) is 48.0 Å². The second kappa shape index (κ2) is 12.6. The van der Waals surface area contributed by atoms with Gasteiger partial charge in [-0.05, 0) is 61.9 Å². The highest BCUT2D eigenvalue weighted by Crippen LogP contribution is 2.36. The molecule has 3 heterocycles. The first kappa shape index (κ1) is 27.7. The summed E-state index contributed by atoms with van der Waals surface area (Å²) in [6.07, 6.45) is 3.95. The number of ketones is 1. The Morgan fingerprint density at radius 3 is 2.49 bits per heavy atom. The van der Waals surface area contributed by atoms with Crippen LogP contribution in [0, 0.1) is 0 Å². The van der Waals surface area contributed by atoms with Gasteiger partial charge in [0.25, 0.3) is 0 Å². The predicted octanol–water partition coefficient (Wildman–Crippen LogP) is 6.25. The molecule has 2 aliphatic heterocycles. The first-order chi connectivity index (χ1) is 20.1. The third-order valence-electron chi connectivity index (χ3n) is 8.08. The van der Waals surface area contributed by atoms with Crippen molar-refractivity contribution in [2.45, 2.75) is 60.8 Å². The number of carbonyl (C=O) groups is 3. The van der Waals surface area contributed by atoms with E-state index in [1.165, 1.54) is 16.9 Å². The van der Waals surface area contributed by atoms with Crippen LogP contribution in [0.15, 0.2) is 89.3 Å². The molecule has 1 aromatic heterocycles. The van der Waals surface area contributed by atoms with Gasteiger partial charge in [0.15, 0.2) is 5.78 Å². The van der Waals surface area contributed by atoms with Crippen LogP contribution in [-0.2, 0) is 16.0 Å². The zero-order valence-corrected chi connectivity index (χ0v) is 24.5. The van der Waals surface area contributed by atoms with E-state index in [4.69, 9.17) is 0 Å². The summed E-state index contributed by atoms with van der Waals surface area (Å²) in [4.78, 5) is 50.6. The van der Waals surface area contributed by atoms with Crippen molar-refractivity contribution in [2.75, 3.05) is 13.1 Å². The second-order valence-corrected chi connectivity index (χ2v) is 13.0. The van der Waals surface area contributed by atoms with Crippen LogP contribution in [-0.4, -0.2) is 62.8 Å². The van der Waals surface area contributed by atoms with E-state index in [1.807, 2.05) is 54.6 Å². The molecule has 6 rings (SSSR count). The highest BCUT2D eigenvalue weighted by molar-refractivity contribution is 8.00. The molecule has 0 bridgehead atoms. The maximum atomic E-state index is 14.2. The van der Waals surface area contributed by atoms with Gasteiger partial charge in [-0.3, -0.25) is 14.4 Å². The van der Waals surface area contributed by atoms with E-state index < -0.39 is 12.1 Å². The molecule has 0 radical (unpaired) electrons. The molecule has 0 unspecified atom stereocenters. The summed E-state index contributed by atoms with van der Waals surface area (Å²) in [6, 6.07) is 24.9. The number of nitrogens with zero attached hydrogens (tertiary/aromatic N) is 3. The van der Waals surface area contributed by atoms with Crippen molar-refractivity contribution in [3.05, 3.63) is 95.5 Å². The smallest absolute Gasteiger partial charge is 0.246 e. The van der Waals surface area contributed by atoms with E-state index in [0.717, 1.165) is 28.9 Å². The van der Waals surface area contributed by atoms with Gasteiger partial charge in [-0.15, -0.1) is 23.1 Å². The highest BCUT2D eigenvalue weighted by atomic mass is 32.2. The molecule has 41 heavy (non-hydrogen) atoms. The predicted molar refractivity (Wildman–Crippen MR) is 164 cm³/mol. The lowest BCUT2D eigenvalue weighted by Crippen LogP contribution is -2.51. The van der Waals surface area contributed by atoms with Crippen molar-refractivity contribution < 1.29 is 14.4 Å². The highest BCUT2D eigenvalue weighted by Gasteiger charge is 2.45. The van der Waals surface area contributed by atoms with Crippen LogP contribution in [0.4, 0.5) is 0 Å². The molecular weight excluding hydrogens is 551 g/mol. The van der Waals surface area contributed by atoms with Gasteiger partial charge >= 0.3 is 0 Å². The van der Waals surface area contributed by atoms with Gasteiger partial charge in [-0.1, -0.05) is 54.6 Å². The number of rotatable bonds is 9. The number of carbonyl (C=O) groups excluding carboxylic acids is 3. The van der Waals surface area contributed by atoms with Crippen molar-refractivity contribution in [3.63, 3.8) is 0 Å². The monoisotopic (exact) mass is 583 g/mol. The third kappa shape index (κ3) is 6.09. The number of hydrogen-bond acceptors (Lipinski definition) is 6. The standard InChI is InChI=1S/C33H33N3O3S2/c37-30(18-7-12-23-10-3-1-4-11-23)36-21-25(41-24-13-5-2-6-14-24)20-28(36)33(39)35-19-9-16-27(35)32(38)26-15-8-17-29-31(26)34-22-40-29/h1-6,8,10-11,13-15,17,22,25,27-28H,7,9,12,16,18-21H2/t25-,27+,28+/m1/s1. The van der Waals surface area contributed by atoms with Gasteiger partial charge in [0, 0.05) is 35.2 Å². The Bertz CT molecular complexity index is 1520. The number of fused-ring (bicyclic) bond motifs is 1. The van der Waals surface area contributed by atoms with E-state index in [0.29, 0.717) is 43.4 Å². The molecule has 3 aromatic carbocycles. The topological polar surface area (TPSA) is 70.6 Å². The molecule has 4 aromatic rings. The van der Waals surface area contributed by atoms with E-state index in [2.05, 4.69) is 29.2 Å². The summed E-state index contributed by atoms with van der Waals surface area (Å²) < 4.78 is 0.968. The molecule has 2 saturated heterocycles. The molecule has 0 saturated carbocycles. The zero-order valence-electron chi connectivity index (χ0n) is 22.9. The first-order valence-electron chi connectivity index (χ1n) is 14.3. The fraction of sp³-hybridized carbons (Fsp3) is 0.333. The quantitative estimate of drug-likeness (QED) is 0.218. The maximum Gasteiger partial charge on any atom is 0.246 e. The van der Waals surface area contributed by atoms with Crippen molar-refractivity contribution in [2.24, 2.45) is 0 Å². The minimum absolute atomic E-state index is 0.0183. The molecule has 210 valence electrons. The second-order valence-electron chi connectivity index (χ2n) is 10.7. The largest absolute Gasteiger partial charge is 0.330 e. The Kier molecular flexibility index (Phi) is 8.49. The molecule has 2 amide bonds. The Balaban J connectivity index is 1.20. The summed E-state index contributed by atoms with van der Waals surface area (Å²) in [5, 5.41) is 0.116. The van der Waals surface area contributed by atoms with Crippen molar-refractivity contribution >= 4 is 50.9 Å². The van der Waals surface area contributed by atoms with Crippen molar-refractivity contribution in [1.29, 1.82) is 0 Å². The van der Waals surface area contributed by atoms with Crippen LogP contribution < -0.4 is 0 Å². The summed E-state index contributed by atoms with van der Waals surface area (Å²) in [5.41, 5.74) is 4.24. The van der Waals surface area contributed by atoms with Gasteiger partial charge in [0.1, 0.15) is 6.04 Å². The average Bonchev–Trinajstić information content (AvgIpc) is 3.77. The number of hydrogen-bond donors (Lipinski definition) is 0. The molecule has 3 atom stereocenters. The van der Waals surface area contributed by atoms with Gasteiger partial charge < -0.3 is 9.80 Å². The number of likely N-dealkylation sites (tertiary alicyclic amines) is 2. The van der Waals surface area contributed by atoms with Crippen LogP contribution >= 0.6 is 23.1 Å². The number of aryl methyl sites for hydroxylation is 1. The number of para-hydroxylation sites is 1. The van der Waals surface area contributed by atoms with Crippen LogP contribution in [0.5, 0.6) is 0 Å². The van der Waals surface area contributed by atoms with Gasteiger partial charge in [0.2, 0.25) is 11.8 Å². The number of benzene rings is 3. The number of aromatic nitrogens is 1. The lowest BCUT2D eigenvalue weighted by molar-refractivity contribution is -0.144. The molecule has 2 fully saturated rings. The van der Waals surface area contributed by atoms with Gasteiger partial charge in [0.05, 0.1) is 21.8 Å². The minimum Gasteiger partial charge on any atom is -0.330 e. The Hall–Kier alpha value is -3.49. The Morgan fingerprint density at radius 2 is 1.68 bits per heavy atom. The fourth-order valence-electron chi connectivity index (χ4n) is 6.08. The van der Waals surface area contributed by atoms with E-state index in [-0.39, 0.29) is 22.8 Å². The summed E-state index contributed by atoms with van der Waals surface area (Å²) in [5.74, 6) is -0.134. The lowest BCUT2D eigenvalue weighted by Gasteiger charge is -2.31. The van der Waals surface area contributed by atoms with Crippen molar-refractivity contribution in [3.8, 4) is 0 Å². The Labute approximate surface area is 248 Å². The van der Waals surface area contributed by atoms with E-state index >= 15 is 0 Å². The minimum atomic E-state index is -0.552. The third-order valence-corrected chi connectivity index (χ3v) is 10.1. The SMILES string of the molecule is O=C(c1cccc2scnc12)[C@@H]1CCCN1C(=O)[C@@H]1C[C@@H](Sc2ccccc2)CN1C(=O)CCCc1ccccc1. The first-order valence-corrected chi connectivity index (χ1v) is 16.1. The van der Waals surface area contributed by atoms with Crippen LogP contribution in [0.25, 0.3) is 10.2 Å². The fourth-order valence-corrected chi connectivity index (χ4v) is 7.99. The molecule has 2 aliphatic rings. The normalized spacial score (nSPS) is 20.5. The number of amides is 2. The number of Topliss-reactive ketones (excluding diaryl/α,β-unsaturated/α-hetero) is 1. The maximum absolute atomic E-state index is 14.2. The molecule has 0 N–H and O–H groups in total. The Morgan fingerprint density at radius 1 is 0.902 bits per heavy atom. The summed E-state index contributed by atoms with van der Waals surface area (Å²) in [7, 11) is 0. The van der Waals surface area contributed by atoms with E-state index in [9.17, 15) is 14.4 Å². The zero-order chi connectivity index (χ0) is 28.2.